The van der Waals surface area contributed by atoms with Crippen LogP contribution in [-0.4, -0.2) is 50.3 Å². The second-order valence-electron chi connectivity index (χ2n) is 12.8. The van der Waals surface area contributed by atoms with Crippen molar-refractivity contribution in [3.8, 4) is 5.75 Å². The smallest absolute Gasteiger partial charge is 0.271 e. The number of hydrogen-bond acceptors (Lipinski definition) is 5. The normalized spacial score (nSPS) is 28.8. The molecule has 1 aliphatic heterocycles. The van der Waals surface area contributed by atoms with Crippen LogP contribution in [0.5, 0.6) is 5.75 Å². The number of benzene rings is 1. The van der Waals surface area contributed by atoms with E-state index >= 15 is 0 Å². The number of hydrogen-bond donors (Lipinski definition) is 3. The molecule has 4 aliphatic carbocycles. The molecule has 222 valence electrons. The van der Waals surface area contributed by atoms with Crippen molar-refractivity contribution < 1.29 is 23.8 Å². The molecule has 3 N–H and O–H groups in total. The van der Waals surface area contributed by atoms with Gasteiger partial charge in [-0.2, -0.15) is 0 Å². The third kappa shape index (κ3) is 5.59. The van der Waals surface area contributed by atoms with E-state index in [1.54, 1.807) is 0 Å². The molecule has 1 unspecified atom stereocenters. The maximum absolute atomic E-state index is 13.7. The lowest BCUT2D eigenvalue weighted by molar-refractivity contribution is -0.132. The molecule has 4 saturated carbocycles. The first-order chi connectivity index (χ1) is 19.7. The Hall–Kier alpha value is -2.65. The summed E-state index contributed by atoms with van der Waals surface area (Å²) in [6.45, 7) is 0.601. The van der Waals surface area contributed by atoms with E-state index in [1.807, 2.05) is 6.20 Å². The molecule has 8 nitrogen and oxygen atoms in total. The predicted molar refractivity (Wildman–Crippen MR) is 153 cm³/mol. The summed E-state index contributed by atoms with van der Waals surface area (Å²) in [5, 5.41) is 17.4. The summed E-state index contributed by atoms with van der Waals surface area (Å²) in [5.41, 5.74) is -0.734. The predicted octanol–water partition coefficient (Wildman–Crippen LogP) is 5.19. The summed E-state index contributed by atoms with van der Waals surface area (Å²) < 4.78 is 21.3. The molecule has 41 heavy (non-hydrogen) atoms. The van der Waals surface area contributed by atoms with Crippen LogP contribution in [-0.2, 0) is 16.8 Å². The van der Waals surface area contributed by atoms with Gasteiger partial charge in [-0.05, 0) is 69.9 Å². The standard InChI is InChI=1S/C31H40ClFN4O4/c32-22-8-7-21(17-23(22)33)41-20-26(39)35-31-14-12-30(13-15-31,18-25(31)38)36-27(40)24-19-37-16-6-11-29(28(37)34-24)9-4-2-1-3-5-10-29/h7-8,17,19,25,38H,1-6,9-16,18,20H2,(H,35,39)(H,36,40). The molecule has 2 heterocycles. The van der Waals surface area contributed by atoms with Crippen LogP contribution in [0.15, 0.2) is 24.4 Å². The molecule has 0 saturated heterocycles. The monoisotopic (exact) mass is 586 g/mol. The molecule has 1 atom stereocenters. The largest absolute Gasteiger partial charge is 0.484 e. The summed E-state index contributed by atoms with van der Waals surface area (Å²) >= 11 is 5.70. The second kappa shape index (κ2) is 11.2. The lowest BCUT2D eigenvalue weighted by atomic mass is 9.60. The Labute approximate surface area is 245 Å². The van der Waals surface area contributed by atoms with Crippen molar-refractivity contribution in [3.05, 3.63) is 46.8 Å². The maximum atomic E-state index is 13.7. The summed E-state index contributed by atoms with van der Waals surface area (Å²) in [4.78, 5) is 31.2. The van der Waals surface area contributed by atoms with Gasteiger partial charge in [0.1, 0.15) is 23.1 Å². The van der Waals surface area contributed by atoms with Crippen molar-refractivity contribution in [2.45, 2.75) is 119 Å². The molecular weight excluding hydrogens is 547 g/mol. The first kappa shape index (κ1) is 28.5. The van der Waals surface area contributed by atoms with E-state index in [0.717, 1.165) is 44.1 Å². The van der Waals surface area contributed by atoms with Crippen molar-refractivity contribution in [1.29, 1.82) is 0 Å². The molecule has 2 amide bonds. The van der Waals surface area contributed by atoms with Gasteiger partial charge in [-0.3, -0.25) is 9.59 Å². The number of rotatable bonds is 6. The number of amides is 2. The Morgan fingerprint density at radius 3 is 2.44 bits per heavy atom. The Kier molecular flexibility index (Phi) is 7.78. The third-order valence-electron chi connectivity index (χ3n) is 10.2. The van der Waals surface area contributed by atoms with Gasteiger partial charge in [0, 0.05) is 29.8 Å². The van der Waals surface area contributed by atoms with Crippen LogP contribution < -0.4 is 15.4 Å². The lowest BCUT2D eigenvalue weighted by Gasteiger charge is -2.56. The van der Waals surface area contributed by atoms with Crippen LogP contribution in [0.25, 0.3) is 0 Å². The van der Waals surface area contributed by atoms with Gasteiger partial charge in [0.15, 0.2) is 6.61 Å². The zero-order valence-corrected chi connectivity index (χ0v) is 24.3. The Morgan fingerprint density at radius 2 is 1.73 bits per heavy atom. The number of ether oxygens (including phenoxy) is 1. The lowest BCUT2D eigenvalue weighted by Crippen LogP contribution is -2.70. The SMILES string of the molecule is O=C(COc1ccc(Cl)c(F)c1)NC12CCC(NC(=O)c3cn4c(n3)C3(CCCCCCC3)CCC4)(CC1)CC2O. The highest BCUT2D eigenvalue weighted by Gasteiger charge is 2.55. The zero-order chi connectivity index (χ0) is 28.7. The fraction of sp³-hybridized carbons (Fsp3) is 0.645. The van der Waals surface area contributed by atoms with Crippen molar-refractivity contribution in [3.63, 3.8) is 0 Å². The Morgan fingerprint density at radius 1 is 1.02 bits per heavy atom. The van der Waals surface area contributed by atoms with Gasteiger partial charge >= 0.3 is 0 Å². The molecule has 7 rings (SSSR count). The van der Waals surface area contributed by atoms with Crippen LogP contribution in [0.4, 0.5) is 4.39 Å². The number of aliphatic hydroxyl groups is 1. The summed E-state index contributed by atoms with van der Waals surface area (Å²) in [5.74, 6) is 0.111. The van der Waals surface area contributed by atoms with Crippen LogP contribution in [0.3, 0.4) is 0 Å². The van der Waals surface area contributed by atoms with Gasteiger partial charge < -0.3 is 25.0 Å². The molecule has 2 bridgehead atoms. The van der Waals surface area contributed by atoms with E-state index < -0.39 is 23.0 Å². The molecule has 4 fully saturated rings. The van der Waals surface area contributed by atoms with Crippen molar-refractivity contribution in [1.82, 2.24) is 20.2 Å². The first-order valence-electron chi connectivity index (χ1n) is 15.2. The highest BCUT2D eigenvalue weighted by molar-refractivity contribution is 6.30. The van der Waals surface area contributed by atoms with Crippen LogP contribution in [0.2, 0.25) is 5.02 Å². The highest BCUT2D eigenvalue weighted by Crippen LogP contribution is 2.47. The van der Waals surface area contributed by atoms with Gasteiger partial charge in [0.2, 0.25) is 0 Å². The molecule has 2 aromatic rings. The quantitative estimate of drug-likeness (QED) is 0.432. The first-order valence-corrected chi connectivity index (χ1v) is 15.6. The minimum Gasteiger partial charge on any atom is -0.484 e. The number of carbonyl (C=O) groups excluding carboxylic acids is 2. The summed E-state index contributed by atoms with van der Waals surface area (Å²) in [6.07, 6.45) is 14.7. The number of aryl methyl sites for hydroxylation is 1. The van der Waals surface area contributed by atoms with E-state index in [9.17, 15) is 19.1 Å². The van der Waals surface area contributed by atoms with Gasteiger partial charge in [0.05, 0.1) is 16.7 Å². The maximum Gasteiger partial charge on any atom is 0.271 e. The van der Waals surface area contributed by atoms with Crippen molar-refractivity contribution >= 4 is 23.4 Å². The van der Waals surface area contributed by atoms with Gasteiger partial charge in [0.25, 0.3) is 11.8 Å². The molecule has 10 heteroatoms. The third-order valence-corrected chi connectivity index (χ3v) is 10.5. The number of nitrogens with zero attached hydrogens (tertiary/aromatic N) is 2. The molecule has 5 aliphatic rings. The van der Waals surface area contributed by atoms with Crippen molar-refractivity contribution in [2.24, 2.45) is 0 Å². The summed E-state index contributed by atoms with van der Waals surface area (Å²) in [6, 6.07) is 4.01. The molecule has 1 spiro atoms. The highest BCUT2D eigenvalue weighted by atomic mass is 35.5. The zero-order valence-electron chi connectivity index (χ0n) is 23.5. The van der Waals surface area contributed by atoms with Gasteiger partial charge in [-0.25, -0.2) is 9.37 Å². The van der Waals surface area contributed by atoms with Crippen LogP contribution >= 0.6 is 11.6 Å². The van der Waals surface area contributed by atoms with E-state index in [2.05, 4.69) is 15.2 Å². The molecule has 1 aromatic carbocycles. The van der Waals surface area contributed by atoms with E-state index in [1.165, 1.54) is 44.2 Å². The Balaban J connectivity index is 1.08. The van der Waals surface area contributed by atoms with E-state index in [0.29, 0.717) is 37.8 Å². The molecular formula is C31H40ClFN4O4. The summed E-state index contributed by atoms with van der Waals surface area (Å²) in [7, 11) is 0. The number of nitrogens with one attached hydrogen (secondary N) is 2. The molecule has 1 aromatic heterocycles. The second-order valence-corrected chi connectivity index (χ2v) is 13.2. The van der Waals surface area contributed by atoms with Crippen LogP contribution in [0, 0.1) is 5.82 Å². The van der Waals surface area contributed by atoms with E-state index in [-0.39, 0.29) is 34.6 Å². The average molecular weight is 587 g/mol. The van der Waals surface area contributed by atoms with E-state index in [4.69, 9.17) is 21.3 Å². The van der Waals surface area contributed by atoms with Crippen LogP contribution in [0.1, 0.15) is 106 Å². The number of imidazole rings is 1. The topological polar surface area (TPSA) is 105 Å². The minimum absolute atomic E-state index is 0.0183. The number of carbonyl (C=O) groups is 2. The number of halogens is 2. The van der Waals surface area contributed by atoms with Gasteiger partial charge in [-0.1, -0.05) is 43.7 Å². The number of aliphatic hydroxyl groups excluding tert-OH is 1. The average Bonchev–Trinajstić information content (AvgIpc) is 3.39. The molecule has 0 radical (unpaired) electrons. The minimum atomic E-state index is -0.810. The fourth-order valence-electron chi connectivity index (χ4n) is 7.87. The fourth-order valence-corrected chi connectivity index (χ4v) is 7.99. The number of fused-ring (bicyclic) bond motifs is 5. The number of aromatic nitrogens is 2. The Bertz CT molecular complexity index is 1300. The van der Waals surface area contributed by atoms with Crippen molar-refractivity contribution in [2.75, 3.05) is 6.61 Å². The van der Waals surface area contributed by atoms with Gasteiger partial charge in [-0.15, -0.1) is 0 Å².